The standard InChI is InChI=1S/C24H24F3N7O3/c1-23(2)8-6-19-31-32-20(34(19)23)16-4-3-5-18(29-16)30-21(35)17-10-15-12-33(9-7-14(15)11-28-17)22(36)37-13-24(25,26)27/h3-5,10-11H,6-9,12-13H2,1-2H3,(H,29,30,35). The number of pyridine rings is 2. The number of nitrogens with one attached hydrogen (secondary N) is 1. The van der Waals surface area contributed by atoms with Gasteiger partial charge in [0.1, 0.15) is 23.0 Å². The van der Waals surface area contributed by atoms with Crippen molar-refractivity contribution in [3.05, 3.63) is 53.1 Å². The molecule has 2 amide bonds. The van der Waals surface area contributed by atoms with Crippen molar-refractivity contribution < 1.29 is 27.5 Å². The highest BCUT2D eigenvalue weighted by atomic mass is 19.4. The number of nitrogens with zero attached hydrogens (tertiary/aromatic N) is 6. The molecule has 2 aliphatic rings. The lowest BCUT2D eigenvalue weighted by Crippen LogP contribution is -2.38. The Morgan fingerprint density at radius 3 is 2.76 bits per heavy atom. The number of anilines is 1. The molecule has 37 heavy (non-hydrogen) atoms. The minimum absolute atomic E-state index is 0.0103. The average molecular weight is 515 g/mol. The molecule has 0 unspecified atom stereocenters. The molecule has 194 valence electrons. The minimum atomic E-state index is -4.60. The zero-order valence-electron chi connectivity index (χ0n) is 20.2. The largest absolute Gasteiger partial charge is 0.440 e. The Morgan fingerprint density at radius 2 is 1.97 bits per heavy atom. The van der Waals surface area contributed by atoms with E-state index in [1.165, 1.54) is 17.2 Å². The van der Waals surface area contributed by atoms with Crippen molar-refractivity contribution in [2.75, 3.05) is 18.5 Å². The van der Waals surface area contributed by atoms with Gasteiger partial charge >= 0.3 is 12.3 Å². The summed E-state index contributed by atoms with van der Waals surface area (Å²) in [5.41, 5.74) is 1.92. The Hall–Kier alpha value is -4.03. The maximum absolute atomic E-state index is 12.9. The van der Waals surface area contributed by atoms with Gasteiger partial charge in [0.05, 0.1) is 0 Å². The van der Waals surface area contributed by atoms with Crippen LogP contribution in [0.25, 0.3) is 11.5 Å². The number of alkyl halides is 3. The third-order valence-electron chi connectivity index (χ3n) is 6.46. The number of rotatable bonds is 4. The Bertz CT molecular complexity index is 1370. The first kappa shape index (κ1) is 24.7. The van der Waals surface area contributed by atoms with Gasteiger partial charge in [-0.2, -0.15) is 13.2 Å². The number of ether oxygens (including phenoxy) is 1. The number of hydrogen-bond acceptors (Lipinski definition) is 7. The van der Waals surface area contributed by atoms with E-state index in [9.17, 15) is 22.8 Å². The lowest BCUT2D eigenvalue weighted by Gasteiger charge is -2.28. The number of aromatic nitrogens is 5. The summed E-state index contributed by atoms with van der Waals surface area (Å²) in [5, 5.41) is 11.3. The molecule has 0 saturated carbocycles. The average Bonchev–Trinajstić information content (AvgIpc) is 3.42. The van der Waals surface area contributed by atoms with Crippen LogP contribution < -0.4 is 5.32 Å². The molecule has 0 aliphatic carbocycles. The Morgan fingerprint density at radius 1 is 1.16 bits per heavy atom. The lowest BCUT2D eigenvalue weighted by atomic mass is 10.0. The van der Waals surface area contributed by atoms with Crippen molar-refractivity contribution in [2.45, 2.75) is 51.4 Å². The van der Waals surface area contributed by atoms with Gasteiger partial charge in [-0.15, -0.1) is 10.2 Å². The molecule has 0 aromatic carbocycles. The number of fused-ring (bicyclic) bond motifs is 2. The predicted octanol–water partition coefficient (Wildman–Crippen LogP) is 3.73. The molecule has 0 saturated heterocycles. The van der Waals surface area contributed by atoms with E-state index in [1.54, 1.807) is 18.2 Å². The van der Waals surface area contributed by atoms with Crippen molar-refractivity contribution in [1.29, 1.82) is 0 Å². The van der Waals surface area contributed by atoms with Crippen LogP contribution in [-0.2, 0) is 29.7 Å². The van der Waals surface area contributed by atoms with Gasteiger partial charge < -0.3 is 19.5 Å². The predicted molar refractivity (Wildman–Crippen MR) is 125 cm³/mol. The van der Waals surface area contributed by atoms with E-state index in [2.05, 4.69) is 48.6 Å². The third kappa shape index (κ3) is 5.11. The molecule has 2 aliphatic heterocycles. The molecule has 0 atom stereocenters. The smallest absolute Gasteiger partial charge is 0.422 e. The summed E-state index contributed by atoms with van der Waals surface area (Å²) >= 11 is 0. The first-order chi connectivity index (χ1) is 17.5. The van der Waals surface area contributed by atoms with Gasteiger partial charge in [0.15, 0.2) is 12.4 Å². The molecule has 0 spiro atoms. The quantitative estimate of drug-likeness (QED) is 0.563. The molecule has 1 N–H and O–H groups in total. The summed E-state index contributed by atoms with van der Waals surface area (Å²) in [6.45, 7) is 2.77. The van der Waals surface area contributed by atoms with Crippen LogP contribution in [0.3, 0.4) is 0 Å². The Labute approximate surface area is 209 Å². The van der Waals surface area contributed by atoms with Crippen molar-refractivity contribution in [3.8, 4) is 11.5 Å². The molecule has 13 heteroatoms. The maximum Gasteiger partial charge on any atom is 0.422 e. The monoisotopic (exact) mass is 515 g/mol. The molecule has 5 rings (SSSR count). The number of halogens is 3. The highest BCUT2D eigenvalue weighted by Gasteiger charge is 2.34. The second-order valence-corrected chi connectivity index (χ2v) is 9.63. The van der Waals surface area contributed by atoms with Crippen LogP contribution >= 0.6 is 0 Å². The normalized spacial score (nSPS) is 16.2. The first-order valence-corrected chi connectivity index (χ1v) is 11.7. The zero-order valence-corrected chi connectivity index (χ0v) is 20.2. The molecule has 0 radical (unpaired) electrons. The summed E-state index contributed by atoms with van der Waals surface area (Å²) < 4.78 is 43.6. The molecule has 5 heterocycles. The van der Waals surface area contributed by atoms with Crippen LogP contribution in [0.2, 0.25) is 0 Å². The highest BCUT2D eigenvalue weighted by Crippen LogP contribution is 2.35. The summed E-state index contributed by atoms with van der Waals surface area (Å²) in [4.78, 5) is 34.9. The minimum Gasteiger partial charge on any atom is -0.440 e. The van der Waals surface area contributed by atoms with Crippen LogP contribution in [-0.4, -0.2) is 61.0 Å². The van der Waals surface area contributed by atoms with E-state index >= 15 is 0 Å². The summed E-state index contributed by atoms with van der Waals surface area (Å²) in [6.07, 6.45) is -1.97. The fourth-order valence-electron chi connectivity index (χ4n) is 4.57. The number of carbonyl (C=O) groups is 2. The second kappa shape index (κ2) is 9.12. The number of aryl methyl sites for hydroxylation is 1. The SMILES string of the molecule is CC1(C)CCc2nnc(-c3cccc(NC(=O)c4cc5c(cn4)CCN(C(=O)OCC(F)(F)F)C5)n3)n21. The van der Waals surface area contributed by atoms with E-state index in [4.69, 9.17) is 0 Å². The molecule has 3 aromatic heterocycles. The van der Waals surface area contributed by atoms with Gasteiger partial charge in [0.25, 0.3) is 5.91 Å². The highest BCUT2D eigenvalue weighted by molar-refractivity contribution is 6.02. The molecule has 10 nitrogen and oxygen atoms in total. The van der Waals surface area contributed by atoms with Gasteiger partial charge in [-0.25, -0.2) is 9.78 Å². The van der Waals surface area contributed by atoms with Crippen LogP contribution in [0.1, 0.15) is 47.7 Å². The van der Waals surface area contributed by atoms with E-state index in [0.29, 0.717) is 29.3 Å². The van der Waals surface area contributed by atoms with Crippen LogP contribution in [0, 0.1) is 0 Å². The van der Waals surface area contributed by atoms with E-state index in [1.807, 2.05) is 0 Å². The number of amides is 2. The summed E-state index contributed by atoms with van der Waals surface area (Å²) in [5.74, 6) is 1.30. The Kier molecular flexibility index (Phi) is 6.08. The van der Waals surface area contributed by atoms with E-state index < -0.39 is 24.8 Å². The second-order valence-electron chi connectivity index (χ2n) is 9.63. The first-order valence-electron chi connectivity index (χ1n) is 11.7. The third-order valence-corrected chi connectivity index (χ3v) is 6.46. The van der Waals surface area contributed by atoms with Crippen LogP contribution in [0.15, 0.2) is 30.5 Å². The Balaban J connectivity index is 1.30. The topological polar surface area (TPSA) is 115 Å². The molecule has 3 aromatic rings. The molecule has 0 fully saturated rings. The molecular formula is C24H24F3N7O3. The van der Waals surface area contributed by atoms with Crippen molar-refractivity contribution in [3.63, 3.8) is 0 Å². The van der Waals surface area contributed by atoms with Gasteiger partial charge in [-0.3, -0.25) is 9.78 Å². The van der Waals surface area contributed by atoms with Crippen molar-refractivity contribution in [2.24, 2.45) is 0 Å². The summed E-state index contributed by atoms with van der Waals surface area (Å²) in [7, 11) is 0. The number of carbonyl (C=O) groups excluding carboxylic acids is 2. The van der Waals surface area contributed by atoms with Crippen molar-refractivity contribution in [1.82, 2.24) is 29.6 Å². The molecular weight excluding hydrogens is 491 g/mol. The van der Waals surface area contributed by atoms with Gasteiger partial charge in [0, 0.05) is 31.2 Å². The van der Waals surface area contributed by atoms with Gasteiger partial charge in [-0.05, 0) is 56.0 Å². The van der Waals surface area contributed by atoms with E-state index in [0.717, 1.165) is 24.2 Å². The zero-order chi connectivity index (χ0) is 26.4. The maximum atomic E-state index is 12.9. The molecule has 0 bridgehead atoms. The van der Waals surface area contributed by atoms with E-state index in [-0.39, 0.29) is 24.3 Å². The van der Waals surface area contributed by atoms with Crippen molar-refractivity contribution >= 4 is 17.8 Å². The van der Waals surface area contributed by atoms with Gasteiger partial charge in [0.2, 0.25) is 0 Å². The van der Waals surface area contributed by atoms with Gasteiger partial charge in [-0.1, -0.05) is 6.07 Å². The van der Waals surface area contributed by atoms with Crippen LogP contribution in [0.5, 0.6) is 0 Å². The summed E-state index contributed by atoms with van der Waals surface area (Å²) in [6, 6.07) is 6.72. The lowest BCUT2D eigenvalue weighted by molar-refractivity contribution is -0.162. The van der Waals surface area contributed by atoms with Crippen LogP contribution in [0.4, 0.5) is 23.8 Å². The number of hydrogen-bond donors (Lipinski definition) is 1. The fraction of sp³-hybridized carbons (Fsp3) is 0.417. The fourth-order valence-corrected chi connectivity index (χ4v) is 4.57.